The summed E-state index contributed by atoms with van der Waals surface area (Å²) in [4.78, 5) is 23.5. The van der Waals surface area contributed by atoms with E-state index in [4.69, 9.17) is 9.15 Å². The molecule has 11 heteroatoms. The second kappa shape index (κ2) is 7.73. The number of carbonyl (C=O) groups is 1. The second-order valence-electron chi connectivity index (χ2n) is 6.11. The number of carbonyl (C=O) groups excluding carboxylic acids is 1. The summed E-state index contributed by atoms with van der Waals surface area (Å²) in [5.41, 5.74) is -3.48. The zero-order valence-electron chi connectivity index (χ0n) is 14.9. The Balaban J connectivity index is 1.83. The van der Waals surface area contributed by atoms with Crippen molar-refractivity contribution in [3.63, 3.8) is 0 Å². The number of hydrogen-bond donors (Lipinski definition) is 1. The van der Waals surface area contributed by atoms with Gasteiger partial charge >= 0.3 is 11.8 Å². The molecule has 0 fully saturated rings. The maximum Gasteiger partial charge on any atom is 0.417 e. The van der Waals surface area contributed by atoms with E-state index in [2.05, 4.69) is 0 Å². The molecule has 0 saturated heterocycles. The molecule has 0 aliphatic rings. The highest BCUT2D eigenvalue weighted by molar-refractivity contribution is 5.94. The van der Waals surface area contributed by atoms with Crippen molar-refractivity contribution in [2.75, 3.05) is 5.32 Å². The summed E-state index contributed by atoms with van der Waals surface area (Å²) in [6.07, 6.45) is -6.12. The van der Waals surface area contributed by atoms with Gasteiger partial charge in [0.25, 0.3) is 5.91 Å². The smallest absolute Gasteiger partial charge is 0.417 e. The van der Waals surface area contributed by atoms with Crippen LogP contribution in [0, 0.1) is 17.5 Å². The van der Waals surface area contributed by atoms with Gasteiger partial charge in [0.1, 0.15) is 11.3 Å². The van der Waals surface area contributed by atoms with Gasteiger partial charge in [0.15, 0.2) is 23.6 Å². The molecule has 3 aromatic rings. The van der Waals surface area contributed by atoms with Gasteiger partial charge in [0, 0.05) is 17.5 Å². The molecule has 30 heavy (non-hydrogen) atoms. The molecule has 1 heterocycles. The van der Waals surface area contributed by atoms with Gasteiger partial charge in [-0.05, 0) is 31.2 Å². The number of fused-ring (bicyclic) bond motifs is 1. The fourth-order valence-electron chi connectivity index (χ4n) is 2.57. The van der Waals surface area contributed by atoms with Crippen molar-refractivity contribution in [1.29, 1.82) is 0 Å². The van der Waals surface area contributed by atoms with E-state index in [9.17, 15) is 35.9 Å². The first-order chi connectivity index (χ1) is 14.0. The average molecular weight is 431 g/mol. The van der Waals surface area contributed by atoms with Crippen LogP contribution >= 0.6 is 0 Å². The molecule has 1 aromatic heterocycles. The van der Waals surface area contributed by atoms with Gasteiger partial charge in [0.2, 0.25) is 0 Å². The Bertz CT molecular complexity index is 1190. The highest BCUT2D eigenvalue weighted by Crippen LogP contribution is 2.35. The molecular formula is C19H11F6NO4. The minimum Gasteiger partial charge on any atom is -0.481 e. The lowest BCUT2D eigenvalue weighted by Crippen LogP contribution is -2.30. The second-order valence-corrected chi connectivity index (χ2v) is 6.11. The highest BCUT2D eigenvalue weighted by atomic mass is 19.4. The van der Waals surface area contributed by atoms with E-state index >= 15 is 0 Å². The highest BCUT2D eigenvalue weighted by Gasteiger charge is 2.34. The third-order valence-electron chi connectivity index (χ3n) is 4.00. The summed E-state index contributed by atoms with van der Waals surface area (Å²) in [7, 11) is 0. The van der Waals surface area contributed by atoms with Crippen molar-refractivity contribution in [3.8, 4) is 5.75 Å². The fraction of sp³-hybridized carbons (Fsp3) is 0.158. The topological polar surface area (TPSA) is 68.5 Å². The monoisotopic (exact) mass is 431 g/mol. The number of alkyl halides is 3. The molecule has 1 N–H and O–H groups in total. The molecule has 0 spiro atoms. The lowest BCUT2D eigenvalue weighted by molar-refractivity contribution is -0.136. The Morgan fingerprint density at radius 1 is 1.07 bits per heavy atom. The Labute approximate surface area is 163 Å². The zero-order chi connectivity index (χ0) is 22.2. The lowest BCUT2D eigenvalue weighted by atomic mass is 10.1. The molecule has 0 aliphatic heterocycles. The largest absolute Gasteiger partial charge is 0.481 e. The number of rotatable bonds is 4. The van der Waals surface area contributed by atoms with E-state index in [1.165, 1.54) is 6.92 Å². The maximum absolute atomic E-state index is 13.7. The van der Waals surface area contributed by atoms with Gasteiger partial charge in [-0.3, -0.25) is 4.79 Å². The van der Waals surface area contributed by atoms with Gasteiger partial charge in [-0.25, -0.2) is 18.0 Å². The summed E-state index contributed by atoms with van der Waals surface area (Å²) < 4.78 is 89.0. The molecule has 3 rings (SSSR count). The Kier molecular flexibility index (Phi) is 5.47. The van der Waals surface area contributed by atoms with E-state index < -0.39 is 63.5 Å². The molecule has 1 atom stereocenters. The van der Waals surface area contributed by atoms with Crippen LogP contribution in [0.1, 0.15) is 12.5 Å². The quantitative estimate of drug-likeness (QED) is 0.372. The van der Waals surface area contributed by atoms with Crippen molar-refractivity contribution in [3.05, 3.63) is 69.8 Å². The Morgan fingerprint density at radius 2 is 1.77 bits per heavy atom. The number of halogens is 6. The molecule has 1 amide bonds. The third kappa shape index (κ3) is 4.24. The fourth-order valence-corrected chi connectivity index (χ4v) is 2.57. The number of hydrogen-bond acceptors (Lipinski definition) is 4. The van der Waals surface area contributed by atoms with Gasteiger partial charge in [-0.1, -0.05) is 0 Å². The minimum absolute atomic E-state index is 0.126. The van der Waals surface area contributed by atoms with E-state index in [0.717, 1.165) is 24.3 Å². The van der Waals surface area contributed by atoms with E-state index in [0.29, 0.717) is 12.1 Å². The van der Waals surface area contributed by atoms with Crippen LogP contribution in [0.25, 0.3) is 11.0 Å². The summed E-state index contributed by atoms with van der Waals surface area (Å²) in [6, 6.07) is 4.82. The third-order valence-corrected chi connectivity index (χ3v) is 4.00. The van der Waals surface area contributed by atoms with Crippen LogP contribution in [0.5, 0.6) is 5.75 Å². The van der Waals surface area contributed by atoms with Gasteiger partial charge in [-0.2, -0.15) is 13.2 Å². The molecule has 158 valence electrons. The summed E-state index contributed by atoms with van der Waals surface area (Å²) in [5, 5.41) is 1.61. The molecule has 0 aliphatic carbocycles. The van der Waals surface area contributed by atoms with Crippen molar-refractivity contribution < 1.29 is 40.3 Å². The lowest BCUT2D eigenvalue weighted by Gasteiger charge is -2.16. The first kappa shape index (κ1) is 21.2. The van der Waals surface area contributed by atoms with Gasteiger partial charge in [0.05, 0.1) is 11.3 Å². The van der Waals surface area contributed by atoms with Crippen LogP contribution in [-0.4, -0.2) is 12.0 Å². The van der Waals surface area contributed by atoms with Crippen LogP contribution in [0.2, 0.25) is 0 Å². The number of amides is 1. The number of anilines is 1. The van der Waals surface area contributed by atoms with Crippen LogP contribution < -0.4 is 15.7 Å². The molecule has 2 aromatic carbocycles. The summed E-state index contributed by atoms with van der Waals surface area (Å²) in [6.45, 7) is 1.22. The standard InChI is InChI=1S/C19H11F6NO4/c1-8(18(28)26-13-5-4-12(20)16(21)17(13)22)29-9-2-3-10-11(19(23,24)25)7-15(27)30-14(10)6-9/h2-8H,1H3,(H,26,28). The van der Waals surface area contributed by atoms with Crippen molar-refractivity contribution in [2.45, 2.75) is 19.2 Å². The SMILES string of the molecule is CC(Oc1ccc2c(C(F)(F)F)cc(=O)oc2c1)C(=O)Nc1ccc(F)c(F)c1F. The number of benzene rings is 2. The summed E-state index contributed by atoms with van der Waals surface area (Å²) >= 11 is 0. The normalized spacial score (nSPS) is 12.6. The predicted molar refractivity (Wildman–Crippen MR) is 92.5 cm³/mol. The molecule has 0 radical (unpaired) electrons. The molecule has 0 saturated carbocycles. The molecule has 0 bridgehead atoms. The number of ether oxygens (including phenoxy) is 1. The first-order valence-corrected chi connectivity index (χ1v) is 8.23. The zero-order valence-corrected chi connectivity index (χ0v) is 14.9. The molecule has 1 unspecified atom stereocenters. The van der Waals surface area contributed by atoms with E-state index in [-0.39, 0.29) is 5.75 Å². The van der Waals surface area contributed by atoms with Gasteiger partial charge < -0.3 is 14.5 Å². The first-order valence-electron chi connectivity index (χ1n) is 8.23. The van der Waals surface area contributed by atoms with Crippen LogP contribution in [-0.2, 0) is 11.0 Å². The van der Waals surface area contributed by atoms with E-state index in [1.807, 2.05) is 5.32 Å². The van der Waals surface area contributed by atoms with Crippen molar-refractivity contribution in [1.82, 2.24) is 0 Å². The van der Waals surface area contributed by atoms with E-state index in [1.54, 1.807) is 0 Å². The Morgan fingerprint density at radius 3 is 2.43 bits per heavy atom. The minimum atomic E-state index is -4.79. The average Bonchev–Trinajstić information content (AvgIpc) is 2.66. The van der Waals surface area contributed by atoms with Crippen molar-refractivity contribution in [2.24, 2.45) is 0 Å². The predicted octanol–water partition coefficient (Wildman–Crippen LogP) is 4.64. The summed E-state index contributed by atoms with van der Waals surface area (Å²) in [5.74, 6) is -5.90. The molecular weight excluding hydrogens is 420 g/mol. The Hall–Kier alpha value is -3.50. The van der Waals surface area contributed by atoms with Crippen molar-refractivity contribution >= 4 is 22.6 Å². The van der Waals surface area contributed by atoms with Crippen LogP contribution in [0.15, 0.2) is 45.6 Å². The van der Waals surface area contributed by atoms with Crippen LogP contribution in [0.3, 0.4) is 0 Å². The maximum atomic E-state index is 13.7. The molecule has 5 nitrogen and oxygen atoms in total. The van der Waals surface area contributed by atoms with Crippen LogP contribution in [0.4, 0.5) is 32.0 Å². The van der Waals surface area contributed by atoms with Gasteiger partial charge in [-0.15, -0.1) is 0 Å². The number of nitrogens with one attached hydrogen (secondary N) is 1.